The smallest absolute Gasteiger partial charge is 0.218 e. The molecule has 2 aromatic rings. The van der Waals surface area contributed by atoms with Crippen LogP contribution in [0.5, 0.6) is 0 Å². The van der Waals surface area contributed by atoms with Crippen LogP contribution in [0.1, 0.15) is 23.7 Å². The number of carbonyl (C=O) groups excluding carboxylic acids is 1. The molecule has 1 aromatic heterocycles. The van der Waals surface area contributed by atoms with E-state index in [0.717, 1.165) is 12.2 Å². The van der Waals surface area contributed by atoms with E-state index in [-0.39, 0.29) is 11.8 Å². The third kappa shape index (κ3) is 3.21. The maximum absolute atomic E-state index is 11.1. The number of carbonyl (C=O) groups is 1. The third-order valence-electron chi connectivity index (χ3n) is 2.72. The van der Waals surface area contributed by atoms with Gasteiger partial charge in [0.25, 0.3) is 0 Å². The van der Waals surface area contributed by atoms with E-state index in [4.69, 9.17) is 10.2 Å². The Labute approximate surface area is 100 Å². The van der Waals surface area contributed by atoms with Crippen LogP contribution in [0.2, 0.25) is 0 Å². The van der Waals surface area contributed by atoms with Crippen molar-refractivity contribution in [2.75, 3.05) is 0 Å². The van der Waals surface area contributed by atoms with Crippen LogP contribution in [0.3, 0.4) is 0 Å². The van der Waals surface area contributed by atoms with Gasteiger partial charge in [0, 0.05) is 12.3 Å². The summed E-state index contributed by atoms with van der Waals surface area (Å²) in [6.45, 7) is 0. The molecule has 2 rings (SSSR count). The van der Waals surface area contributed by atoms with Gasteiger partial charge in [-0.2, -0.15) is 0 Å². The molecule has 3 nitrogen and oxygen atoms in total. The first-order valence-corrected chi connectivity index (χ1v) is 5.61. The van der Waals surface area contributed by atoms with E-state index in [1.165, 1.54) is 5.56 Å². The predicted octanol–water partition coefficient (Wildman–Crippen LogP) is 2.48. The molecular weight excluding hydrogens is 214 g/mol. The minimum absolute atomic E-state index is 0.0184. The van der Waals surface area contributed by atoms with Crippen molar-refractivity contribution in [2.24, 2.45) is 5.73 Å². The molecule has 0 fully saturated rings. The molecule has 1 aromatic carbocycles. The van der Waals surface area contributed by atoms with Gasteiger partial charge in [-0.3, -0.25) is 4.79 Å². The first-order valence-electron chi connectivity index (χ1n) is 5.61. The summed E-state index contributed by atoms with van der Waals surface area (Å²) < 4.78 is 5.36. The number of hydrogen-bond donors (Lipinski definition) is 1. The fourth-order valence-electron chi connectivity index (χ4n) is 1.94. The topological polar surface area (TPSA) is 56.2 Å². The summed E-state index contributed by atoms with van der Waals surface area (Å²) in [6.07, 6.45) is 2.69. The van der Waals surface area contributed by atoms with E-state index < -0.39 is 0 Å². The second-order valence-corrected chi connectivity index (χ2v) is 4.07. The lowest BCUT2D eigenvalue weighted by atomic mass is 9.94. The molecule has 88 valence electrons. The van der Waals surface area contributed by atoms with Gasteiger partial charge in [0.05, 0.1) is 6.26 Å². The van der Waals surface area contributed by atoms with Gasteiger partial charge in [-0.05, 0) is 24.1 Å². The Hall–Kier alpha value is -2.03. The molecule has 0 spiro atoms. The van der Waals surface area contributed by atoms with Crippen molar-refractivity contribution in [1.29, 1.82) is 0 Å². The van der Waals surface area contributed by atoms with Gasteiger partial charge in [-0.1, -0.05) is 30.3 Å². The Morgan fingerprint density at radius 2 is 1.94 bits per heavy atom. The maximum atomic E-state index is 11.1. The van der Waals surface area contributed by atoms with E-state index in [0.29, 0.717) is 6.42 Å². The summed E-state index contributed by atoms with van der Waals surface area (Å²) in [5.41, 5.74) is 6.45. The van der Waals surface area contributed by atoms with Crippen LogP contribution in [0.15, 0.2) is 53.1 Å². The number of primary amides is 1. The fourth-order valence-corrected chi connectivity index (χ4v) is 1.94. The first-order chi connectivity index (χ1) is 8.25. The SMILES string of the molecule is NC(=O)CC(Cc1ccccc1)c1ccco1. The number of nitrogens with two attached hydrogens (primary N) is 1. The van der Waals surface area contributed by atoms with Crippen LogP contribution in [0, 0.1) is 0 Å². The van der Waals surface area contributed by atoms with Crippen molar-refractivity contribution in [3.63, 3.8) is 0 Å². The lowest BCUT2D eigenvalue weighted by Crippen LogP contribution is -2.16. The molecule has 0 aliphatic rings. The fraction of sp³-hybridized carbons (Fsp3) is 0.214. The highest BCUT2D eigenvalue weighted by Gasteiger charge is 2.17. The first kappa shape index (κ1) is 11.5. The van der Waals surface area contributed by atoms with Crippen LogP contribution >= 0.6 is 0 Å². The number of amides is 1. The van der Waals surface area contributed by atoms with Gasteiger partial charge >= 0.3 is 0 Å². The number of furan rings is 1. The van der Waals surface area contributed by atoms with E-state index in [1.807, 2.05) is 42.5 Å². The zero-order valence-electron chi connectivity index (χ0n) is 9.50. The Morgan fingerprint density at radius 1 is 1.18 bits per heavy atom. The standard InChI is InChI=1S/C14H15NO2/c15-14(16)10-12(13-7-4-8-17-13)9-11-5-2-1-3-6-11/h1-8,12H,9-10H2,(H2,15,16). The molecule has 3 heteroatoms. The minimum atomic E-state index is -0.303. The van der Waals surface area contributed by atoms with Crippen LogP contribution in [0.25, 0.3) is 0 Å². The van der Waals surface area contributed by atoms with Crippen molar-refractivity contribution >= 4 is 5.91 Å². The van der Waals surface area contributed by atoms with E-state index in [2.05, 4.69) is 0 Å². The average molecular weight is 229 g/mol. The molecular formula is C14H15NO2. The number of benzene rings is 1. The van der Waals surface area contributed by atoms with Gasteiger partial charge in [0.2, 0.25) is 5.91 Å². The summed E-state index contributed by atoms with van der Waals surface area (Å²) in [6, 6.07) is 13.7. The molecule has 1 heterocycles. The molecule has 0 saturated carbocycles. The van der Waals surface area contributed by atoms with Crippen molar-refractivity contribution in [1.82, 2.24) is 0 Å². The highest BCUT2D eigenvalue weighted by atomic mass is 16.3. The molecule has 17 heavy (non-hydrogen) atoms. The average Bonchev–Trinajstić information content (AvgIpc) is 2.82. The third-order valence-corrected chi connectivity index (χ3v) is 2.72. The minimum Gasteiger partial charge on any atom is -0.469 e. The van der Waals surface area contributed by atoms with Gasteiger partial charge in [0.15, 0.2) is 0 Å². The Bertz CT molecular complexity index is 462. The highest BCUT2D eigenvalue weighted by molar-refractivity contribution is 5.74. The zero-order valence-corrected chi connectivity index (χ0v) is 9.50. The van der Waals surface area contributed by atoms with E-state index in [1.54, 1.807) is 6.26 Å². The number of rotatable bonds is 5. The molecule has 0 aliphatic heterocycles. The van der Waals surface area contributed by atoms with E-state index in [9.17, 15) is 4.79 Å². The monoisotopic (exact) mass is 229 g/mol. The van der Waals surface area contributed by atoms with Gasteiger partial charge < -0.3 is 10.2 Å². The van der Waals surface area contributed by atoms with Crippen molar-refractivity contribution < 1.29 is 9.21 Å². The molecule has 1 unspecified atom stereocenters. The largest absolute Gasteiger partial charge is 0.469 e. The Morgan fingerprint density at radius 3 is 2.53 bits per heavy atom. The molecule has 2 N–H and O–H groups in total. The summed E-state index contributed by atoms with van der Waals surface area (Å²) in [5.74, 6) is 0.528. The lowest BCUT2D eigenvalue weighted by molar-refractivity contribution is -0.118. The van der Waals surface area contributed by atoms with Gasteiger partial charge in [-0.15, -0.1) is 0 Å². The summed E-state index contributed by atoms with van der Waals surface area (Å²) >= 11 is 0. The van der Waals surface area contributed by atoms with Gasteiger partial charge in [-0.25, -0.2) is 0 Å². The van der Waals surface area contributed by atoms with Crippen LogP contribution in [0.4, 0.5) is 0 Å². The normalized spacial score (nSPS) is 12.2. The Kier molecular flexibility index (Phi) is 3.60. The molecule has 0 aliphatic carbocycles. The zero-order chi connectivity index (χ0) is 12.1. The highest BCUT2D eigenvalue weighted by Crippen LogP contribution is 2.24. The maximum Gasteiger partial charge on any atom is 0.218 e. The quantitative estimate of drug-likeness (QED) is 0.856. The molecule has 0 saturated heterocycles. The second-order valence-electron chi connectivity index (χ2n) is 4.07. The molecule has 0 bridgehead atoms. The van der Waals surface area contributed by atoms with Crippen molar-refractivity contribution in [3.05, 3.63) is 60.1 Å². The molecule has 1 amide bonds. The van der Waals surface area contributed by atoms with Crippen molar-refractivity contribution in [2.45, 2.75) is 18.8 Å². The lowest BCUT2D eigenvalue weighted by Gasteiger charge is -2.12. The summed E-state index contributed by atoms with van der Waals surface area (Å²) in [5, 5.41) is 0. The van der Waals surface area contributed by atoms with Crippen LogP contribution in [-0.4, -0.2) is 5.91 Å². The van der Waals surface area contributed by atoms with Gasteiger partial charge in [0.1, 0.15) is 5.76 Å². The van der Waals surface area contributed by atoms with E-state index >= 15 is 0 Å². The molecule has 0 radical (unpaired) electrons. The summed E-state index contributed by atoms with van der Waals surface area (Å²) in [4.78, 5) is 11.1. The van der Waals surface area contributed by atoms with Crippen LogP contribution in [-0.2, 0) is 11.2 Å². The Balaban J connectivity index is 2.14. The molecule has 1 atom stereocenters. The summed E-state index contributed by atoms with van der Waals surface area (Å²) in [7, 11) is 0. The second kappa shape index (κ2) is 5.34. The van der Waals surface area contributed by atoms with Crippen LogP contribution < -0.4 is 5.73 Å². The van der Waals surface area contributed by atoms with Crippen molar-refractivity contribution in [3.8, 4) is 0 Å². The number of hydrogen-bond acceptors (Lipinski definition) is 2. The predicted molar refractivity (Wildman–Crippen MR) is 65.4 cm³/mol.